The molecule has 1 aromatic rings. The van der Waals surface area contributed by atoms with Gasteiger partial charge in [0, 0.05) is 19.1 Å². The summed E-state index contributed by atoms with van der Waals surface area (Å²) in [4.78, 5) is 18.9. The fraction of sp³-hybridized carbons (Fsp3) is 0.571. The van der Waals surface area contributed by atoms with Crippen LogP contribution < -0.4 is 11.1 Å². The van der Waals surface area contributed by atoms with E-state index < -0.39 is 0 Å². The first-order valence-corrected chi connectivity index (χ1v) is 7.60. The van der Waals surface area contributed by atoms with Gasteiger partial charge in [-0.25, -0.2) is 4.98 Å². The van der Waals surface area contributed by atoms with Crippen LogP contribution in [0.15, 0.2) is 12.7 Å². The van der Waals surface area contributed by atoms with Gasteiger partial charge in [-0.3, -0.25) is 4.79 Å². The van der Waals surface area contributed by atoms with Crippen LogP contribution in [0.4, 0.5) is 10.9 Å². The second-order valence-corrected chi connectivity index (χ2v) is 6.35. The molecule has 1 amide bonds. The molecule has 0 fully saturated rings. The maximum atomic E-state index is 12.5. The number of rotatable bonds is 7. The number of aromatic nitrogens is 1. The fourth-order valence-electron chi connectivity index (χ4n) is 1.65. The Bertz CT molecular complexity index is 468. The van der Waals surface area contributed by atoms with Crippen molar-refractivity contribution in [3.8, 4) is 0 Å². The summed E-state index contributed by atoms with van der Waals surface area (Å²) in [6.07, 6.45) is 1.72. The molecule has 5 nitrogen and oxygen atoms in total. The van der Waals surface area contributed by atoms with Gasteiger partial charge in [0.15, 0.2) is 5.13 Å². The Morgan fingerprint density at radius 1 is 1.50 bits per heavy atom. The summed E-state index contributed by atoms with van der Waals surface area (Å²) >= 11 is 1.31. The maximum absolute atomic E-state index is 12.5. The molecule has 20 heavy (non-hydrogen) atoms. The predicted octanol–water partition coefficient (Wildman–Crippen LogP) is 2.83. The lowest BCUT2D eigenvalue weighted by atomic mass is 10.2. The topological polar surface area (TPSA) is 71.2 Å². The van der Waals surface area contributed by atoms with Crippen molar-refractivity contribution in [1.29, 1.82) is 0 Å². The van der Waals surface area contributed by atoms with Gasteiger partial charge in [0.05, 0.1) is 0 Å². The molecule has 0 bridgehead atoms. The van der Waals surface area contributed by atoms with Crippen molar-refractivity contribution in [3.05, 3.63) is 17.5 Å². The molecule has 6 heteroatoms. The number of carbonyl (C=O) groups is 1. The Kier molecular flexibility index (Phi) is 6.01. The first-order valence-electron chi connectivity index (χ1n) is 6.78. The van der Waals surface area contributed by atoms with Crippen LogP contribution in [0.25, 0.3) is 0 Å². The number of anilines is 2. The summed E-state index contributed by atoms with van der Waals surface area (Å²) in [5.41, 5.74) is 5.87. The number of hydrogen-bond donors (Lipinski definition) is 2. The second-order valence-electron chi connectivity index (χ2n) is 5.35. The average Bonchev–Trinajstić information content (AvgIpc) is 2.73. The average molecular weight is 296 g/mol. The first kappa shape index (κ1) is 16.5. The zero-order valence-corrected chi connectivity index (χ0v) is 13.5. The summed E-state index contributed by atoms with van der Waals surface area (Å²) in [7, 11) is 0. The summed E-state index contributed by atoms with van der Waals surface area (Å²) in [6, 6.07) is 0.0917. The van der Waals surface area contributed by atoms with Crippen molar-refractivity contribution >= 4 is 28.2 Å². The number of nitrogens with one attached hydrogen (secondary N) is 1. The van der Waals surface area contributed by atoms with Crippen molar-refractivity contribution in [2.24, 2.45) is 5.92 Å². The molecule has 0 radical (unpaired) electrons. The highest BCUT2D eigenvalue weighted by atomic mass is 32.1. The molecule has 1 rings (SSSR count). The zero-order valence-electron chi connectivity index (χ0n) is 12.6. The normalized spacial score (nSPS) is 10.9. The molecule has 0 aromatic carbocycles. The molecule has 0 aliphatic carbocycles. The Morgan fingerprint density at radius 3 is 2.65 bits per heavy atom. The third kappa shape index (κ3) is 4.23. The summed E-state index contributed by atoms with van der Waals surface area (Å²) in [5.74, 6) is 0.709. The van der Waals surface area contributed by atoms with Crippen LogP contribution in [-0.4, -0.2) is 34.9 Å². The number of thiazole rings is 1. The molecule has 0 saturated heterocycles. The molecule has 1 heterocycles. The molecule has 0 saturated carbocycles. The van der Waals surface area contributed by atoms with Gasteiger partial charge in [0.2, 0.25) is 0 Å². The third-order valence-corrected chi connectivity index (χ3v) is 3.74. The number of nitrogens with zero attached hydrogens (tertiary/aromatic N) is 2. The Hall–Kier alpha value is -1.56. The molecule has 0 aliphatic heterocycles. The maximum Gasteiger partial charge on any atom is 0.268 e. The molecule has 0 atom stereocenters. The van der Waals surface area contributed by atoms with Crippen LogP contribution in [0.1, 0.15) is 37.4 Å². The first-order chi connectivity index (χ1) is 9.36. The number of carbonyl (C=O) groups excluding carboxylic acids is 1. The minimum Gasteiger partial charge on any atom is -0.382 e. The smallest absolute Gasteiger partial charge is 0.268 e. The van der Waals surface area contributed by atoms with Gasteiger partial charge in [-0.2, -0.15) is 0 Å². The van der Waals surface area contributed by atoms with Crippen molar-refractivity contribution in [2.45, 2.75) is 33.7 Å². The number of nitrogen functional groups attached to an aromatic ring is 1. The number of hydrogen-bond acceptors (Lipinski definition) is 5. The molecular weight excluding hydrogens is 272 g/mol. The minimum atomic E-state index is -0.0903. The van der Waals surface area contributed by atoms with E-state index in [1.54, 1.807) is 11.0 Å². The summed E-state index contributed by atoms with van der Waals surface area (Å²) in [6.45, 7) is 13.2. The van der Waals surface area contributed by atoms with E-state index in [1.165, 1.54) is 11.3 Å². The molecule has 3 N–H and O–H groups in total. The highest BCUT2D eigenvalue weighted by Gasteiger charge is 2.23. The Morgan fingerprint density at radius 2 is 2.15 bits per heavy atom. The predicted molar refractivity (Wildman–Crippen MR) is 86.2 cm³/mol. The number of amides is 1. The lowest BCUT2D eigenvalue weighted by molar-refractivity contribution is 0.0734. The van der Waals surface area contributed by atoms with E-state index >= 15 is 0 Å². The van der Waals surface area contributed by atoms with Crippen molar-refractivity contribution in [2.75, 3.05) is 24.1 Å². The van der Waals surface area contributed by atoms with E-state index in [4.69, 9.17) is 5.73 Å². The van der Waals surface area contributed by atoms with Crippen molar-refractivity contribution < 1.29 is 4.79 Å². The van der Waals surface area contributed by atoms with E-state index in [9.17, 15) is 4.79 Å². The SMILES string of the molecule is C=CCN(C(=O)c1sc(NCC(C)C)nc1N)C(C)C. The van der Waals surface area contributed by atoms with E-state index in [0.29, 0.717) is 28.3 Å². The highest BCUT2D eigenvalue weighted by molar-refractivity contribution is 7.18. The van der Waals surface area contributed by atoms with Crippen LogP contribution in [0, 0.1) is 5.92 Å². The molecule has 1 aromatic heterocycles. The van der Waals surface area contributed by atoms with Gasteiger partial charge >= 0.3 is 0 Å². The van der Waals surface area contributed by atoms with Gasteiger partial charge in [0.25, 0.3) is 5.91 Å². The van der Waals surface area contributed by atoms with Gasteiger partial charge in [0.1, 0.15) is 10.7 Å². The molecular formula is C14H24N4OS. The van der Waals surface area contributed by atoms with Gasteiger partial charge < -0.3 is 16.0 Å². The standard InChI is InChI=1S/C14H24N4OS/c1-6-7-18(10(4)5)13(19)11-12(15)17-14(20-11)16-8-9(2)3/h6,9-10H,1,7-8,15H2,2-5H3,(H,16,17). The van der Waals surface area contributed by atoms with Crippen molar-refractivity contribution in [1.82, 2.24) is 9.88 Å². The van der Waals surface area contributed by atoms with Crippen LogP contribution in [-0.2, 0) is 0 Å². The largest absolute Gasteiger partial charge is 0.382 e. The zero-order chi connectivity index (χ0) is 15.3. The van der Waals surface area contributed by atoms with Gasteiger partial charge in [-0.05, 0) is 19.8 Å². The summed E-state index contributed by atoms with van der Waals surface area (Å²) in [5, 5.41) is 3.89. The van der Waals surface area contributed by atoms with Crippen LogP contribution in [0.5, 0.6) is 0 Å². The minimum absolute atomic E-state index is 0.0903. The Balaban J connectivity index is 2.89. The molecule has 0 spiro atoms. The second kappa shape index (κ2) is 7.28. The fourth-order valence-corrected chi connectivity index (χ4v) is 2.50. The van der Waals surface area contributed by atoms with Gasteiger partial charge in [-0.1, -0.05) is 31.3 Å². The van der Waals surface area contributed by atoms with E-state index in [-0.39, 0.29) is 11.9 Å². The van der Waals surface area contributed by atoms with Gasteiger partial charge in [-0.15, -0.1) is 6.58 Å². The monoisotopic (exact) mass is 296 g/mol. The third-order valence-electron chi connectivity index (χ3n) is 2.72. The lowest BCUT2D eigenvalue weighted by Gasteiger charge is -2.24. The lowest BCUT2D eigenvalue weighted by Crippen LogP contribution is -2.36. The quantitative estimate of drug-likeness (QED) is 0.759. The highest BCUT2D eigenvalue weighted by Crippen LogP contribution is 2.27. The molecule has 0 aliphatic rings. The number of nitrogens with two attached hydrogens (primary N) is 1. The van der Waals surface area contributed by atoms with Crippen LogP contribution >= 0.6 is 11.3 Å². The van der Waals surface area contributed by atoms with Crippen LogP contribution in [0.3, 0.4) is 0 Å². The Labute approximate surface area is 124 Å². The van der Waals surface area contributed by atoms with E-state index in [1.807, 2.05) is 13.8 Å². The van der Waals surface area contributed by atoms with E-state index in [2.05, 4.69) is 30.7 Å². The molecule has 112 valence electrons. The van der Waals surface area contributed by atoms with Crippen molar-refractivity contribution in [3.63, 3.8) is 0 Å². The summed E-state index contributed by atoms with van der Waals surface area (Å²) < 4.78 is 0. The molecule has 0 unspecified atom stereocenters. The van der Waals surface area contributed by atoms with E-state index in [0.717, 1.165) is 6.54 Å². The van der Waals surface area contributed by atoms with Crippen LogP contribution in [0.2, 0.25) is 0 Å².